The number of piperidine rings is 2. The smallest absolute Gasteiger partial charge is 0.261 e. The van der Waals surface area contributed by atoms with E-state index < -0.39 is 17.4 Å². The second-order valence-corrected chi connectivity index (χ2v) is 15.5. The third kappa shape index (κ3) is 9.22. The van der Waals surface area contributed by atoms with Gasteiger partial charge in [0.05, 0.1) is 17.0 Å². The zero-order chi connectivity index (χ0) is 36.0. The maximum Gasteiger partial charge on any atom is 0.261 e. The number of carbonyl (C=O) groups excluding carboxylic acids is 2. The number of imide groups is 1. The number of nitrogens with zero attached hydrogens (tertiary/aromatic N) is 4. The molecule has 4 aliphatic heterocycles. The fraction of sp³-hybridized carbons (Fsp3) is 0.568. The molecule has 52 heavy (non-hydrogen) atoms. The number of hydrogen-bond acceptors (Lipinski definition) is 11. The number of aromatic nitrogens is 2. The second-order valence-electron chi connectivity index (χ2n) is 14.2. The molecule has 2 aromatic carbocycles. The van der Waals surface area contributed by atoms with Gasteiger partial charge in [-0.1, -0.05) is 0 Å². The van der Waals surface area contributed by atoms with E-state index in [1.54, 1.807) is 30.0 Å². The summed E-state index contributed by atoms with van der Waals surface area (Å²) in [5, 5.41) is 5.78. The Morgan fingerprint density at radius 3 is 2.46 bits per heavy atom. The highest BCUT2D eigenvalue weighted by molar-refractivity contribution is 7.99. The van der Waals surface area contributed by atoms with E-state index in [1.165, 1.54) is 12.1 Å². The first kappa shape index (κ1) is 36.6. The molecule has 0 spiro atoms. The number of likely N-dealkylation sites (tertiary alicyclic amines) is 1. The summed E-state index contributed by atoms with van der Waals surface area (Å²) < 4.78 is 41.5. The van der Waals surface area contributed by atoms with Crippen LogP contribution in [-0.2, 0) is 20.1 Å². The Balaban J connectivity index is 0.821. The summed E-state index contributed by atoms with van der Waals surface area (Å²) in [7, 11) is 0. The summed E-state index contributed by atoms with van der Waals surface area (Å²) in [4.78, 5) is 50.4. The lowest BCUT2D eigenvalue weighted by molar-refractivity contribution is -0.133. The zero-order valence-electron chi connectivity index (χ0n) is 29.3. The van der Waals surface area contributed by atoms with E-state index in [0.717, 1.165) is 91.3 Å². The molecule has 2 amide bonds. The van der Waals surface area contributed by atoms with Crippen molar-refractivity contribution >= 4 is 45.9 Å². The van der Waals surface area contributed by atoms with Gasteiger partial charge < -0.3 is 24.7 Å². The van der Waals surface area contributed by atoms with E-state index in [-0.39, 0.29) is 29.4 Å². The van der Waals surface area contributed by atoms with Crippen LogP contribution in [0.25, 0.3) is 10.9 Å². The Kier molecular flexibility index (Phi) is 11.9. The monoisotopic (exact) mass is 739 g/mol. The molecule has 1 atom stereocenters. The van der Waals surface area contributed by atoms with Crippen LogP contribution in [0.2, 0.25) is 0 Å². The molecule has 4 fully saturated rings. The van der Waals surface area contributed by atoms with Gasteiger partial charge in [0.2, 0.25) is 11.8 Å². The predicted octanol–water partition coefficient (Wildman–Crippen LogP) is 3.74. The SMILES string of the molecule is O=C1CCC(Nc2ccc(N3CCN(CC4CCN(CCOc5cc(F)c6c(=O)[nH]c(CSC7CCOCC7)nc6c5)CC4)CC3)c(F)c2)C(=O)N1. The van der Waals surface area contributed by atoms with Crippen LogP contribution in [0.15, 0.2) is 35.1 Å². The first-order valence-electron chi connectivity index (χ1n) is 18.4. The van der Waals surface area contributed by atoms with Crippen LogP contribution >= 0.6 is 11.8 Å². The van der Waals surface area contributed by atoms with Crippen molar-refractivity contribution < 1.29 is 27.8 Å². The van der Waals surface area contributed by atoms with Crippen LogP contribution in [-0.4, -0.2) is 115 Å². The van der Waals surface area contributed by atoms with Gasteiger partial charge in [-0.05, 0) is 69.3 Å². The number of benzene rings is 2. The predicted molar refractivity (Wildman–Crippen MR) is 197 cm³/mol. The van der Waals surface area contributed by atoms with Gasteiger partial charge in [0.1, 0.15) is 41.2 Å². The molecule has 1 aromatic heterocycles. The van der Waals surface area contributed by atoms with Gasteiger partial charge in [-0.15, -0.1) is 0 Å². The van der Waals surface area contributed by atoms with Gasteiger partial charge in [-0.2, -0.15) is 11.8 Å². The average molecular weight is 740 g/mol. The summed E-state index contributed by atoms with van der Waals surface area (Å²) in [6.45, 7) is 8.81. The summed E-state index contributed by atoms with van der Waals surface area (Å²) in [6, 6.07) is 7.36. The van der Waals surface area contributed by atoms with Crippen LogP contribution < -0.4 is 25.8 Å². The van der Waals surface area contributed by atoms with Crippen molar-refractivity contribution in [3.63, 3.8) is 0 Å². The minimum Gasteiger partial charge on any atom is -0.492 e. The minimum absolute atomic E-state index is 0.0435. The van der Waals surface area contributed by atoms with E-state index >= 15 is 4.39 Å². The number of anilines is 2. The van der Waals surface area contributed by atoms with Crippen molar-refractivity contribution in [1.29, 1.82) is 0 Å². The lowest BCUT2D eigenvalue weighted by Gasteiger charge is -2.39. The molecule has 0 radical (unpaired) electrons. The Hall–Kier alpha value is -3.79. The molecule has 1 unspecified atom stereocenters. The first-order valence-corrected chi connectivity index (χ1v) is 19.5. The topological polar surface area (TPSA) is 132 Å². The Morgan fingerprint density at radius 1 is 0.923 bits per heavy atom. The average Bonchev–Trinajstić information content (AvgIpc) is 3.13. The highest BCUT2D eigenvalue weighted by Crippen LogP contribution is 2.28. The molecule has 12 nitrogen and oxygen atoms in total. The number of nitrogens with one attached hydrogen (secondary N) is 3. The number of rotatable bonds is 12. The highest BCUT2D eigenvalue weighted by atomic mass is 32.2. The molecule has 0 bridgehead atoms. The van der Waals surface area contributed by atoms with E-state index in [1.807, 2.05) is 0 Å². The third-order valence-corrected chi connectivity index (χ3v) is 11.9. The second kappa shape index (κ2) is 16.9. The van der Waals surface area contributed by atoms with E-state index in [4.69, 9.17) is 9.47 Å². The fourth-order valence-corrected chi connectivity index (χ4v) is 8.60. The molecule has 280 valence electrons. The molecular weight excluding hydrogens is 693 g/mol. The number of H-pyrrole nitrogens is 1. The largest absolute Gasteiger partial charge is 0.492 e. The normalized spacial score (nSPS) is 21.4. The van der Waals surface area contributed by atoms with Gasteiger partial charge in [-0.25, -0.2) is 13.8 Å². The maximum atomic E-state index is 15.1. The number of amides is 2. The van der Waals surface area contributed by atoms with Gasteiger partial charge in [-0.3, -0.25) is 29.5 Å². The molecule has 0 saturated carbocycles. The van der Waals surface area contributed by atoms with Gasteiger partial charge in [0.15, 0.2) is 0 Å². The van der Waals surface area contributed by atoms with E-state index in [9.17, 15) is 18.8 Å². The number of ether oxygens (including phenoxy) is 2. The van der Waals surface area contributed by atoms with Gasteiger partial charge in [0, 0.05) is 82.0 Å². The van der Waals surface area contributed by atoms with Crippen LogP contribution in [0.5, 0.6) is 5.75 Å². The highest BCUT2D eigenvalue weighted by Gasteiger charge is 2.28. The van der Waals surface area contributed by atoms with Crippen molar-refractivity contribution in [2.75, 3.05) is 82.4 Å². The number of carbonyl (C=O) groups is 2. The lowest BCUT2D eigenvalue weighted by atomic mass is 9.96. The van der Waals surface area contributed by atoms with Gasteiger partial charge in [0.25, 0.3) is 5.56 Å². The van der Waals surface area contributed by atoms with Crippen LogP contribution in [0.4, 0.5) is 20.2 Å². The van der Waals surface area contributed by atoms with E-state index in [0.29, 0.717) is 58.4 Å². The minimum atomic E-state index is -0.631. The number of thioether (sulfide) groups is 1. The summed E-state index contributed by atoms with van der Waals surface area (Å²) in [5.74, 6) is 0.441. The standard InChI is InChI=1S/C37H47F2N7O5S/c38-28-19-25(40-30-2-4-34(47)43-36(30)48)1-3-32(28)46-13-11-45(12-14-46)22-24-5-9-44(10-6-24)15-18-51-26-20-29(39)35-31(21-26)41-33(42-37(35)49)23-52-27-7-16-50-17-8-27/h1,3,19-21,24,27,30,40H,2,4-18,22-23H2,(H,41,42,49)(H,43,47,48). The van der Waals surface area contributed by atoms with Crippen molar-refractivity contribution in [3.05, 3.63) is 58.1 Å². The molecule has 7 rings (SSSR count). The third-order valence-electron chi connectivity index (χ3n) is 10.5. The summed E-state index contributed by atoms with van der Waals surface area (Å²) in [5.41, 5.74) is 0.925. The summed E-state index contributed by atoms with van der Waals surface area (Å²) in [6.07, 6.45) is 4.77. The molecule has 15 heteroatoms. The number of piperazine rings is 1. The number of halogens is 2. The Bertz CT molecular complexity index is 1790. The molecule has 4 aliphatic rings. The molecule has 4 saturated heterocycles. The molecular formula is C37H47F2N7O5S. The molecule has 3 N–H and O–H groups in total. The maximum absolute atomic E-state index is 15.1. The quantitative estimate of drug-likeness (QED) is 0.235. The van der Waals surface area contributed by atoms with Crippen molar-refractivity contribution in [2.45, 2.75) is 55.6 Å². The first-order chi connectivity index (χ1) is 25.3. The van der Waals surface area contributed by atoms with Crippen LogP contribution in [0.3, 0.4) is 0 Å². The number of aromatic amines is 1. The molecule has 0 aliphatic carbocycles. The molecule has 5 heterocycles. The van der Waals surface area contributed by atoms with Crippen molar-refractivity contribution in [2.24, 2.45) is 5.92 Å². The summed E-state index contributed by atoms with van der Waals surface area (Å²) >= 11 is 1.74. The number of fused-ring (bicyclic) bond motifs is 1. The van der Waals surface area contributed by atoms with Crippen molar-refractivity contribution in [1.82, 2.24) is 25.1 Å². The van der Waals surface area contributed by atoms with Gasteiger partial charge >= 0.3 is 0 Å². The number of hydrogen-bond donors (Lipinski definition) is 3. The lowest BCUT2D eigenvalue weighted by Crippen LogP contribution is -2.49. The van der Waals surface area contributed by atoms with Crippen LogP contribution in [0, 0.1) is 17.6 Å². The Morgan fingerprint density at radius 2 is 1.71 bits per heavy atom. The molecule has 3 aromatic rings. The van der Waals surface area contributed by atoms with Crippen LogP contribution in [0.1, 0.15) is 44.3 Å². The van der Waals surface area contributed by atoms with E-state index in [2.05, 4.69) is 35.3 Å². The Labute approximate surface area is 306 Å². The fourth-order valence-electron chi connectivity index (χ4n) is 7.55. The zero-order valence-corrected chi connectivity index (χ0v) is 30.2. The van der Waals surface area contributed by atoms with Crippen molar-refractivity contribution in [3.8, 4) is 5.75 Å².